The van der Waals surface area contributed by atoms with E-state index in [1.165, 1.54) is 11.1 Å². The van der Waals surface area contributed by atoms with Crippen LogP contribution in [0.3, 0.4) is 0 Å². The summed E-state index contributed by atoms with van der Waals surface area (Å²) in [6.07, 6.45) is 4.56. The SMILES string of the molecule is C=CCc1ccc(OCc2cn(Cc3ccc(C)cc3)nn2)c(OC)c1. The maximum absolute atomic E-state index is 5.86. The minimum atomic E-state index is 0.338. The van der Waals surface area contributed by atoms with Gasteiger partial charge in [-0.3, -0.25) is 0 Å². The summed E-state index contributed by atoms with van der Waals surface area (Å²) in [6, 6.07) is 14.3. The Morgan fingerprint density at radius 3 is 2.58 bits per heavy atom. The van der Waals surface area contributed by atoms with Crippen LogP contribution in [0.15, 0.2) is 61.3 Å². The molecule has 3 rings (SSSR count). The lowest BCUT2D eigenvalue weighted by atomic mass is 10.1. The van der Waals surface area contributed by atoms with Crippen molar-refractivity contribution in [2.75, 3.05) is 7.11 Å². The van der Waals surface area contributed by atoms with Gasteiger partial charge in [-0.05, 0) is 36.6 Å². The summed E-state index contributed by atoms with van der Waals surface area (Å²) in [7, 11) is 1.64. The van der Waals surface area contributed by atoms with Gasteiger partial charge in [0.1, 0.15) is 12.3 Å². The molecule has 0 N–H and O–H groups in total. The molecule has 0 saturated heterocycles. The normalized spacial score (nSPS) is 10.5. The van der Waals surface area contributed by atoms with Crippen molar-refractivity contribution in [2.45, 2.75) is 26.5 Å². The van der Waals surface area contributed by atoms with Gasteiger partial charge in [0.15, 0.2) is 11.5 Å². The Morgan fingerprint density at radius 2 is 1.85 bits per heavy atom. The van der Waals surface area contributed by atoms with E-state index in [1.807, 2.05) is 35.2 Å². The van der Waals surface area contributed by atoms with Crippen molar-refractivity contribution in [3.8, 4) is 11.5 Å². The first-order valence-corrected chi connectivity index (χ1v) is 8.53. The van der Waals surface area contributed by atoms with E-state index in [0.29, 0.717) is 24.7 Å². The summed E-state index contributed by atoms with van der Waals surface area (Å²) < 4.78 is 13.1. The number of hydrogen-bond donors (Lipinski definition) is 0. The molecule has 0 unspecified atom stereocenters. The van der Waals surface area contributed by atoms with Crippen LogP contribution >= 0.6 is 0 Å². The van der Waals surface area contributed by atoms with Crippen molar-refractivity contribution < 1.29 is 9.47 Å². The fourth-order valence-corrected chi connectivity index (χ4v) is 2.64. The number of rotatable bonds is 8. The van der Waals surface area contributed by atoms with E-state index in [1.54, 1.807) is 7.11 Å². The summed E-state index contributed by atoms with van der Waals surface area (Å²) >= 11 is 0. The van der Waals surface area contributed by atoms with Crippen molar-refractivity contribution in [1.29, 1.82) is 0 Å². The van der Waals surface area contributed by atoms with Gasteiger partial charge in [0.25, 0.3) is 0 Å². The number of nitrogens with zero attached hydrogens (tertiary/aromatic N) is 3. The zero-order chi connectivity index (χ0) is 18.4. The molecule has 0 aliphatic carbocycles. The van der Waals surface area contributed by atoms with E-state index in [9.17, 15) is 0 Å². The smallest absolute Gasteiger partial charge is 0.161 e. The van der Waals surface area contributed by atoms with Gasteiger partial charge in [-0.25, -0.2) is 4.68 Å². The number of methoxy groups -OCH3 is 1. The monoisotopic (exact) mass is 349 g/mol. The predicted molar refractivity (Wildman–Crippen MR) is 102 cm³/mol. The molecule has 0 saturated carbocycles. The van der Waals surface area contributed by atoms with Crippen LogP contribution in [0.4, 0.5) is 0 Å². The van der Waals surface area contributed by atoms with Crippen LogP contribution in [0.5, 0.6) is 11.5 Å². The van der Waals surface area contributed by atoms with Crippen molar-refractivity contribution >= 4 is 0 Å². The third-order valence-corrected chi connectivity index (χ3v) is 4.03. The van der Waals surface area contributed by atoms with Crippen LogP contribution in [0.2, 0.25) is 0 Å². The Hall–Kier alpha value is -3.08. The number of allylic oxidation sites excluding steroid dienone is 1. The average Bonchev–Trinajstić information content (AvgIpc) is 3.10. The fraction of sp³-hybridized carbons (Fsp3) is 0.238. The Morgan fingerprint density at radius 1 is 1.08 bits per heavy atom. The zero-order valence-electron chi connectivity index (χ0n) is 15.2. The maximum Gasteiger partial charge on any atom is 0.161 e. The molecule has 0 radical (unpaired) electrons. The van der Waals surface area contributed by atoms with Crippen LogP contribution in [-0.4, -0.2) is 22.1 Å². The molecule has 0 atom stereocenters. The topological polar surface area (TPSA) is 49.2 Å². The lowest BCUT2D eigenvalue weighted by Crippen LogP contribution is -2.00. The van der Waals surface area contributed by atoms with Gasteiger partial charge in [0.2, 0.25) is 0 Å². The zero-order valence-corrected chi connectivity index (χ0v) is 15.2. The lowest BCUT2D eigenvalue weighted by Gasteiger charge is -2.10. The Labute approximate surface area is 153 Å². The first-order valence-electron chi connectivity index (χ1n) is 8.53. The highest BCUT2D eigenvalue weighted by atomic mass is 16.5. The van der Waals surface area contributed by atoms with E-state index in [2.05, 4.69) is 48.1 Å². The largest absolute Gasteiger partial charge is 0.493 e. The van der Waals surface area contributed by atoms with Gasteiger partial charge in [-0.1, -0.05) is 47.2 Å². The van der Waals surface area contributed by atoms with E-state index in [4.69, 9.17) is 9.47 Å². The van der Waals surface area contributed by atoms with E-state index in [0.717, 1.165) is 17.7 Å². The molecule has 1 aromatic heterocycles. The third-order valence-electron chi connectivity index (χ3n) is 4.03. The molecule has 5 nitrogen and oxygen atoms in total. The van der Waals surface area contributed by atoms with E-state index < -0.39 is 0 Å². The van der Waals surface area contributed by atoms with Gasteiger partial charge in [-0.2, -0.15) is 0 Å². The highest BCUT2D eigenvalue weighted by Gasteiger charge is 2.08. The van der Waals surface area contributed by atoms with Crippen molar-refractivity contribution in [3.63, 3.8) is 0 Å². The van der Waals surface area contributed by atoms with Gasteiger partial charge >= 0.3 is 0 Å². The van der Waals surface area contributed by atoms with Crippen LogP contribution in [0.25, 0.3) is 0 Å². The lowest BCUT2D eigenvalue weighted by molar-refractivity contribution is 0.280. The number of benzene rings is 2. The van der Waals surface area contributed by atoms with E-state index in [-0.39, 0.29) is 0 Å². The third kappa shape index (κ3) is 4.51. The Bertz CT molecular complexity index is 869. The molecule has 0 bridgehead atoms. The molecular formula is C21H23N3O2. The molecule has 134 valence electrons. The van der Waals surface area contributed by atoms with Crippen LogP contribution in [-0.2, 0) is 19.6 Å². The van der Waals surface area contributed by atoms with Crippen LogP contribution in [0.1, 0.15) is 22.4 Å². The fourth-order valence-electron chi connectivity index (χ4n) is 2.64. The van der Waals surface area contributed by atoms with E-state index >= 15 is 0 Å². The number of ether oxygens (including phenoxy) is 2. The standard InChI is InChI=1S/C21H23N3O2/c1-4-5-17-10-11-20(21(12-17)25-3)26-15-19-14-24(23-22-19)13-18-8-6-16(2)7-9-18/h4,6-12,14H,1,5,13,15H2,2-3H3. The minimum absolute atomic E-state index is 0.338. The second-order valence-electron chi connectivity index (χ2n) is 6.16. The first-order chi connectivity index (χ1) is 12.7. The summed E-state index contributed by atoms with van der Waals surface area (Å²) in [6.45, 7) is 6.86. The highest BCUT2D eigenvalue weighted by molar-refractivity contribution is 5.43. The van der Waals surface area contributed by atoms with Crippen LogP contribution in [0, 0.1) is 6.92 Å². The van der Waals surface area contributed by atoms with Crippen molar-refractivity contribution in [2.24, 2.45) is 0 Å². The summed E-state index contributed by atoms with van der Waals surface area (Å²) in [5.74, 6) is 1.39. The molecule has 0 spiro atoms. The molecule has 0 aliphatic heterocycles. The molecule has 0 fully saturated rings. The highest BCUT2D eigenvalue weighted by Crippen LogP contribution is 2.29. The molecule has 26 heavy (non-hydrogen) atoms. The van der Waals surface area contributed by atoms with Crippen molar-refractivity contribution in [3.05, 3.63) is 83.7 Å². The Balaban J connectivity index is 1.62. The van der Waals surface area contributed by atoms with Gasteiger partial charge in [0.05, 0.1) is 19.9 Å². The molecule has 0 aliphatic rings. The van der Waals surface area contributed by atoms with Gasteiger partial charge in [0, 0.05) is 0 Å². The second-order valence-corrected chi connectivity index (χ2v) is 6.16. The average molecular weight is 349 g/mol. The number of aryl methyl sites for hydroxylation is 1. The Kier molecular flexibility index (Phi) is 5.69. The van der Waals surface area contributed by atoms with Crippen LogP contribution < -0.4 is 9.47 Å². The summed E-state index contributed by atoms with van der Waals surface area (Å²) in [5, 5.41) is 8.35. The molecule has 1 heterocycles. The summed E-state index contributed by atoms with van der Waals surface area (Å²) in [5.41, 5.74) is 4.34. The number of aromatic nitrogens is 3. The molecule has 3 aromatic rings. The molecular weight excluding hydrogens is 326 g/mol. The predicted octanol–water partition coefficient (Wildman–Crippen LogP) is 3.95. The van der Waals surface area contributed by atoms with Gasteiger partial charge in [-0.15, -0.1) is 11.7 Å². The molecule has 0 amide bonds. The summed E-state index contributed by atoms with van der Waals surface area (Å²) in [4.78, 5) is 0. The van der Waals surface area contributed by atoms with Gasteiger partial charge < -0.3 is 9.47 Å². The molecule has 2 aromatic carbocycles. The number of hydrogen-bond acceptors (Lipinski definition) is 4. The quantitative estimate of drug-likeness (QED) is 0.578. The van der Waals surface area contributed by atoms with Crippen molar-refractivity contribution in [1.82, 2.24) is 15.0 Å². The molecule has 5 heteroatoms. The maximum atomic E-state index is 5.86. The second kappa shape index (κ2) is 8.34. The first kappa shape index (κ1) is 17.7. The minimum Gasteiger partial charge on any atom is -0.493 e.